The molecule has 0 radical (unpaired) electrons. The normalized spacial score (nSPS) is 15.3. The molecule has 1 heterocycles. The molecular formula is C26H27F6N3O3S. The molecule has 13 heteroatoms. The second-order valence-electron chi connectivity index (χ2n) is 9.24. The topological polar surface area (TPSA) is 72.9 Å². The van der Waals surface area contributed by atoms with Crippen LogP contribution < -0.4 is 5.32 Å². The Morgan fingerprint density at radius 1 is 1.05 bits per heavy atom. The molecule has 6 nitrogen and oxygen atoms in total. The SMILES string of the molecule is CN(C)CC(=O)N1CCC(Nc2cccc(Sc3ccc(/C=C/C(=O)O)c(C(F)(F)F)c3C(F)(F)F)c2)CC1. The van der Waals surface area contributed by atoms with Gasteiger partial charge < -0.3 is 20.2 Å². The van der Waals surface area contributed by atoms with Gasteiger partial charge in [0.05, 0.1) is 17.7 Å². The summed E-state index contributed by atoms with van der Waals surface area (Å²) in [5.41, 5.74) is -4.13. The van der Waals surface area contributed by atoms with E-state index in [1.54, 1.807) is 28.0 Å². The van der Waals surface area contributed by atoms with Crippen molar-refractivity contribution in [2.24, 2.45) is 0 Å². The van der Waals surface area contributed by atoms with E-state index in [0.29, 0.717) is 62.1 Å². The fraction of sp³-hybridized carbons (Fsp3) is 0.385. The molecule has 0 bridgehead atoms. The third kappa shape index (κ3) is 8.40. The molecule has 1 fully saturated rings. The molecule has 2 N–H and O–H groups in total. The largest absolute Gasteiger partial charge is 0.478 e. The molecule has 1 saturated heterocycles. The highest BCUT2D eigenvalue weighted by Crippen LogP contribution is 2.48. The molecule has 0 saturated carbocycles. The van der Waals surface area contributed by atoms with Crippen LogP contribution in [-0.4, -0.2) is 66.6 Å². The number of carbonyl (C=O) groups excluding carboxylic acids is 1. The number of piperidine rings is 1. The van der Waals surface area contributed by atoms with Crippen LogP contribution in [-0.2, 0) is 21.9 Å². The third-order valence-electron chi connectivity index (χ3n) is 5.90. The molecule has 1 aliphatic rings. The molecule has 2 aromatic rings. The Labute approximate surface area is 225 Å². The van der Waals surface area contributed by atoms with Crippen molar-refractivity contribution < 1.29 is 41.0 Å². The highest BCUT2D eigenvalue weighted by Gasteiger charge is 2.46. The van der Waals surface area contributed by atoms with Gasteiger partial charge in [0.2, 0.25) is 5.91 Å². The summed E-state index contributed by atoms with van der Waals surface area (Å²) >= 11 is 0.533. The first-order valence-electron chi connectivity index (χ1n) is 11.8. The first-order valence-corrected chi connectivity index (χ1v) is 12.7. The average Bonchev–Trinajstić information content (AvgIpc) is 2.82. The smallest absolute Gasteiger partial charge is 0.418 e. The van der Waals surface area contributed by atoms with Crippen LogP contribution in [0.4, 0.5) is 32.0 Å². The molecule has 0 aromatic heterocycles. The zero-order valence-electron chi connectivity index (χ0n) is 21.1. The van der Waals surface area contributed by atoms with Crippen molar-refractivity contribution in [3.05, 3.63) is 59.2 Å². The van der Waals surface area contributed by atoms with Crippen LogP contribution in [0, 0.1) is 0 Å². The summed E-state index contributed by atoms with van der Waals surface area (Å²) in [6, 6.07) is 8.08. The van der Waals surface area contributed by atoms with E-state index in [0.717, 1.165) is 12.1 Å². The molecule has 1 amide bonds. The number of carbonyl (C=O) groups is 2. The monoisotopic (exact) mass is 575 g/mol. The molecule has 3 rings (SSSR count). The van der Waals surface area contributed by atoms with Crippen molar-refractivity contribution in [1.82, 2.24) is 9.80 Å². The lowest BCUT2D eigenvalue weighted by Gasteiger charge is -2.33. The standard InChI is InChI=1S/C26H27F6N3O3S/c1-34(2)15-21(36)35-12-10-17(11-13-35)33-18-4-3-5-19(14-18)39-20-8-6-16(7-9-22(37)38)23(25(27,28)29)24(20)26(30,31)32/h3-9,14,17,33H,10-13,15H2,1-2H3,(H,37,38)/b9-7+. The fourth-order valence-corrected chi connectivity index (χ4v) is 5.27. The maximum absolute atomic E-state index is 14.0. The highest BCUT2D eigenvalue weighted by atomic mass is 32.2. The lowest BCUT2D eigenvalue weighted by Crippen LogP contribution is -2.45. The number of halogens is 6. The van der Waals surface area contributed by atoms with Crippen molar-refractivity contribution in [2.45, 2.75) is 41.0 Å². The Hall–Kier alpha value is -3.19. The zero-order chi connectivity index (χ0) is 29.0. The summed E-state index contributed by atoms with van der Waals surface area (Å²) in [5, 5.41) is 12.0. The molecule has 0 spiro atoms. The van der Waals surface area contributed by atoms with Gasteiger partial charge in [-0.1, -0.05) is 23.9 Å². The van der Waals surface area contributed by atoms with Crippen molar-refractivity contribution >= 4 is 35.4 Å². The maximum Gasteiger partial charge on any atom is 0.418 e. The van der Waals surface area contributed by atoms with Gasteiger partial charge in [-0.2, -0.15) is 26.3 Å². The minimum absolute atomic E-state index is 0.0107. The number of likely N-dealkylation sites (tertiary alicyclic amines) is 1. The fourth-order valence-electron chi connectivity index (χ4n) is 4.23. The number of amides is 1. The second kappa shape index (κ2) is 12.3. The van der Waals surface area contributed by atoms with E-state index >= 15 is 0 Å². The average molecular weight is 576 g/mol. The summed E-state index contributed by atoms with van der Waals surface area (Å²) < 4.78 is 83.4. The van der Waals surface area contributed by atoms with Crippen LogP contribution in [0.1, 0.15) is 29.5 Å². The van der Waals surface area contributed by atoms with E-state index in [2.05, 4.69) is 5.32 Å². The van der Waals surface area contributed by atoms with E-state index in [9.17, 15) is 35.9 Å². The van der Waals surface area contributed by atoms with Gasteiger partial charge in [-0.05, 0) is 62.8 Å². The number of hydrogen-bond donors (Lipinski definition) is 2. The molecule has 2 aromatic carbocycles. The Kier molecular flexibility index (Phi) is 9.60. The Morgan fingerprint density at radius 3 is 2.26 bits per heavy atom. The number of benzene rings is 2. The number of anilines is 1. The quantitative estimate of drug-likeness (QED) is 0.300. The molecule has 39 heavy (non-hydrogen) atoms. The molecule has 212 valence electrons. The number of likely N-dealkylation sites (N-methyl/N-ethyl adjacent to an activating group) is 1. The molecule has 0 aliphatic carbocycles. The highest BCUT2D eigenvalue weighted by molar-refractivity contribution is 7.99. The van der Waals surface area contributed by atoms with E-state index in [-0.39, 0.29) is 16.8 Å². The zero-order valence-corrected chi connectivity index (χ0v) is 21.9. The van der Waals surface area contributed by atoms with Gasteiger partial charge in [0, 0.05) is 40.7 Å². The van der Waals surface area contributed by atoms with Gasteiger partial charge in [-0.3, -0.25) is 4.79 Å². The van der Waals surface area contributed by atoms with E-state index in [1.807, 2.05) is 14.1 Å². The number of carboxylic acids is 1. The lowest BCUT2D eigenvalue weighted by molar-refractivity contribution is -0.163. The summed E-state index contributed by atoms with van der Waals surface area (Å²) in [4.78, 5) is 26.2. The molecule has 0 unspecified atom stereocenters. The first-order chi connectivity index (χ1) is 18.1. The third-order valence-corrected chi connectivity index (χ3v) is 6.95. The molecule has 1 aliphatic heterocycles. The van der Waals surface area contributed by atoms with E-state index in [4.69, 9.17) is 5.11 Å². The number of alkyl halides is 6. The number of rotatable bonds is 8. The lowest BCUT2D eigenvalue weighted by atomic mass is 9.99. The number of hydrogen-bond acceptors (Lipinski definition) is 5. The summed E-state index contributed by atoms with van der Waals surface area (Å²) in [7, 11) is 3.62. The number of nitrogens with zero attached hydrogens (tertiary/aromatic N) is 2. The van der Waals surface area contributed by atoms with Gasteiger partial charge in [-0.25, -0.2) is 4.79 Å². The molecule has 0 atom stereocenters. The van der Waals surface area contributed by atoms with Crippen molar-refractivity contribution in [1.29, 1.82) is 0 Å². The summed E-state index contributed by atoms with van der Waals surface area (Å²) in [6.07, 6.45) is -8.56. The summed E-state index contributed by atoms with van der Waals surface area (Å²) in [5.74, 6) is -1.56. The second-order valence-corrected chi connectivity index (χ2v) is 10.4. The van der Waals surface area contributed by atoms with Crippen molar-refractivity contribution in [2.75, 3.05) is 39.0 Å². The minimum atomic E-state index is -5.38. The number of aliphatic carboxylic acids is 1. The van der Waals surface area contributed by atoms with Crippen LogP contribution in [0.3, 0.4) is 0 Å². The molecular weight excluding hydrogens is 548 g/mol. The van der Waals surface area contributed by atoms with Crippen molar-refractivity contribution in [3.63, 3.8) is 0 Å². The Morgan fingerprint density at radius 2 is 1.69 bits per heavy atom. The van der Waals surface area contributed by atoms with Crippen LogP contribution in [0.15, 0.2) is 52.3 Å². The van der Waals surface area contributed by atoms with Crippen molar-refractivity contribution in [3.8, 4) is 0 Å². The number of carboxylic acid groups (broad SMARTS) is 1. The van der Waals surface area contributed by atoms with Gasteiger partial charge in [0.1, 0.15) is 0 Å². The van der Waals surface area contributed by atoms with Crippen LogP contribution >= 0.6 is 11.8 Å². The predicted octanol–water partition coefficient (Wildman–Crippen LogP) is 5.94. The van der Waals surface area contributed by atoms with Gasteiger partial charge >= 0.3 is 18.3 Å². The van der Waals surface area contributed by atoms with E-state index in [1.165, 1.54) is 6.07 Å². The maximum atomic E-state index is 14.0. The van der Waals surface area contributed by atoms with E-state index < -0.39 is 39.9 Å². The van der Waals surface area contributed by atoms with Crippen LogP contribution in [0.2, 0.25) is 0 Å². The predicted molar refractivity (Wildman–Crippen MR) is 135 cm³/mol. The van der Waals surface area contributed by atoms with Crippen LogP contribution in [0.5, 0.6) is 0 Å². The Balaban J connectivity index is 1.83. The van der Waals surface area contributed by atoms with Gasteiger partial charge in [0.15, 0.2) is 0 Å². The number of nitrogens with one attached hydrogen (secondary N) is 1. The Bertz CT molecular complexity index is 1220. The van der Waals surface area contributed by atoms with Gasteiger partial charge in [0.25, 0.3) is 0 Å². The first kappa shape index (κ1) is 30.4. The minimum Gasteiger partial charge on any atom is -0.478 e. The van der Waals surface area contributed by atoms with Crippen LogP contribution in [0.25, 0.3) is 6.08 Å². The van der Waals surface area contributed by atoms with Gasteiger partial charge in [-0.15, -0.1) is 0 Å². The summed E-state index contributed by atoms with van der Waals surface area (Å²) in [6.45, 7) is 1.41.